The number of piperidine rings is 1. The highest BCUT2D eigenvalue weighted by molar-refractivity contribution is 5.95. The quantitative estimate of drug-likeness (QED) is 0.715. The summed E-state index contributed by atoms with van der Waals surface area (Å²) >= 11 is 0. The van der Waals surface area contributed by atoms with Gasteiger partial charge in [-0.1, -0.05) is 18.2 Å². The van der Waals surface area contributed by atoms with Crippen LogP contribution in [0, 0.1) is 11.3 Å². The fourth-order valence-corrected chi connectivity index (χ4v) is 5.56. The molecule has 1 aliphatic carbocycles. The van der Waals surface area contributed by atoms with E-state index >= 15 is 0 Å². The van der Waals surface area contributed by atoms with E-state index in [2.05, 4.69) is 10.2 Å². The molecule has 4 rings (SSSR count). The molecule has 3 N–H and O–H groups in total. The molecule has 0 radical (unpaired) electrons. The SMILES string of the molecule is NC(=O)CNC(=O)[C@@]12CC[C@H](N3CCOCC3)C[C@H]1CCN(C(=O)c1ccccc1)C2. The van der Waals surface area contributed by atoms with Crippen LogP contribution in [0.3, 0.4) is 0 Å². The largest absolute Gasteiger partial charge is 0.379 e. The molecule has 1 aromatic carbocycles. The van der Waals surface area contributed by atoms with Crippen molar-refractivity contribution in [2.45, 2.75) is 31.7 Å². The number of amides is 3. The van der Waals surface area contributed by atoms with Crippen molar-refractivity contribution in [1.82, 2.24) is 15.1 Å². The zero-order valence-electron chi connectivity index (χ0n) is 17.9. The molecule has 0 bridgehead atoms. The third-order valence-electron chi connectivity index (χ3n) is 7.23. The van der Waals surface area contributed by atoms with Gasteiger partial charge in [-0.05, 0) is 43.7 Å². The highest BCUT2D eigenvalue weighted by Crippen LogP contribution is 2.48. The number of benzene rings is 1. The van der Waals surface area contributed by atoms with Crippen LogP contribution in [0.4, 0.5) is 0 Å². The van der Waals surface area contributed by atoms with Crippen molar-refractivity contribution in [2.24, 2.45) is 17.1 Å². The molecule has 2 heterocycles. The number of nitrogens with two attached hydrogens (primary N) is 1. The van der Waals surface area contributed by atoms with Gasteiger partial charge in [-0.2, -0.15) is 0 Å². The smallest absolute Gasteiger partial charge is 0.253 e. The predicted octanol–water partition coefficient (Wildman–Crippen LogP) is 0.621. The fraction of sp³-hybridized carbons (Fsp3) is 0.609. The van der Waals surface area contributed by atoms with Crippen molar-refractivity contribution in [3.63, 3.8) is 0 Å². The van der Waals surface area contributed by atoms with Gasteiger partial charge in [0.25, 0.3) is 5.91 Å². The van der Waals surface area contributed by atoms with Gasteiger partial charge in [-0.25, -0.2) is 0 Å². The predicted molar refractivity (Wildman–Crippen MR) is 115 cm³/mol. The topological polar surface area (TPSA) is 105 Å². The Morgan fingerprint density at radius 1 is 1.10 bits per heavy atom. The summed E-state index contributed by atoms with van der Waals surface area (Å²) in [6.45, 7) is 4.21. The standard InChI is InChI=1S/C23H32N4O4/c24-20(28)15-25-22(30)23-8-6-19(26-10-12-31-13-11-26)14-18(23)7-9-27(16-23)21(29)17-4-2-1-3-5-17/h1-5,18-19H,6-16H2,(H2,24,28)(H,25,30)/t18-,19+,23-/m1/s1. The summed E-state index contributed by atoms with van der Waals surface area (Å²) in [7, 11) is 0. The van der Waals surface area contributed by atoms with E-state index in [1.165, 1.54) is 0 Å². The average Bonchev–Trinajstić information content (AvgIpc) is 2.82. The molecule has 3 atom stereocenters. The summed E-state index contributed by atoms with van der Waals surface area (Å²) < 4.78 is 5.50. The van der Waals surface area contributed by atoms with Crippen LogP contribution in [0.2, 0.25) is 0 Å². The highest BCUT2D eigenvalue weighted by Gasteiger charge is 2.53. The molecule has 8 heteroatoms. The van der Waals surface area contributed by atoms with E-state index in [1.807, 2.05) is 35.2 Å². The Morgan fingerprint density at radius 2 is 1.84 bits per heavy atom. The number of likely N-dealkylation sites (tertiary alicyclic amines) is 1. The number of rotatable bonds is 5. The first-order chi connectivity index (χ1) is 15.0. The van der Waals surface area contributed by atoms with Gasteiger partial charge in [0.1, 0.15) is 0 Å². The van der Waals surface area contributed by atoms with E-state index in [9.17, 15) is 14.4 Å². The first-order valence-corrected chi connectivity index (χ1v) is 11.2. The van der Waals surface area contributed by atoms with E-state index in [0.717, 1.165) is 45.6 Å². The van der Waals surface area contributed by atoms with Gasteiger partial charge in [0.05, 0.1) is 25.2 Å². The molecule has 168 valence electrons. The van der Waals surface area contributed by atoms with Crippen molar-refractivity contribution in [2.75, 3.05) is 45.9 Å². The van der Waals surface area contributed by atoms with Gasteiger partial charge in [0.2, 0.25) is 11.8 Å². The van der Waals surface area contributed by atoms with Crippen molar-refractivity contribution in [3.05, 3.63) is 35.9 Å². The number of carbonyl (C=O) groups excluding carboxylic acids is 3. The molecule has 2 aliphatic heterocycles. The molecular weight excluding hydrogens is 396 g/mol. The normalized spacial score (nSPS) is 29.1. The lowest BCUT2D eigenvalue weighted by Gasteiger charge is -2.53. The zero-order chi connectivity index (χ0) is 21.8. The summed E-state index contributed by atoms with van der Waals surface area (Å²) in [5, 5.41) is 2.75. The molecule has 0 spiro atoms. The van der Waals surface area contributed by atoms with Crippen LogP contribution in [0.1, 0.15) is 36.0 Å². The summed E-state index contributed by atoms with van der Waals surface area (Å²) in [5.74, 6) is -0.586. The minimum Gasteiger partial charge on any atom is -0.379 e. The summed E-state index contributed by atoms with van der Waals surface area (Å²) in [6.07, 6.45) is 3.30. The van der Waals surface area contributed by atoms with Crippen molar-refractivity contribution in [1.29, 1.82) is 0 Å². The minimum absolute atomic E-state index is 0.0450. The maximum Gasteiger partial charge on any atom is 0.253 e. The Hall–Kier alpha value is -2.45. The summed E-state index contributed by atoms with van der Waals surface area (Å²) in [5.41, 5.74) is 5.23. The first kappa shape index (κ1) is 21.8. The Balaban J connectivity index is 1.53. The molecule has 2 saturated heterocycles. The zero-order valence-corrected chi connectivity index (χ0v) is 17.9. The Labute approximate surface area is 183 Å². The van der Waals surface area contributed by atoms with Crippen molar-refractivity contribution >= 4 is 17.7 Å². The second-order valence-electron chi connectivity index (χ2n) is 8.96. The van der Waals surface area contributed by atoms with Gasteiger partial charge in [-0.15, -0.1) is 0 Å². The molecule has 8 nitrogen and oxygen atoms in total. The third-order valence-corrected chi connectivity index (χ3v) is 7.23. The maximum atomic E-state index is 13.4. The maximum absolute atomic E-state index is 13.4. The molecule has 3 amide bonds. The van der Waals surface area contributed by atoms with E-state index in [1.54, 1.807) is 0 Å². The van der Waals surface area contributed by atoms with Gasteiger partial charge in [0, 0.05) is 37.8 Å². The monoisotopic (exact) mass is 428 g/mol. The van der Waals surface area contributed by atoms with Crippen molar-refractivity contribution < 1.29 is 19.1 Å². The minimum atomic E-state index is -0.680. The number of primary amides is 1. The van der Waals surface area contributed by atoms with E-state index in [0.29, 0.717) is 31.1 Å². The van der Waals surface area contributed by atoms with Gasteiger partial charge >= 0.3 is 0 Å². The fourth-order valence-electron chi connectivity index (χ4n) is 5.56. The molecule has 3 aliphatic rings. The average molecular weight is 429 g/mol. The van der Waals surface area contributed by atoms with Gasteiger partial charge < -0.3 is 20.7 Å². The lowest BCUT2D eigenvalue weighted by atomic mass is 9.60. The van der Waals surface area contributed by atoms with Crippen LogP contribution in [0.5, 0.6) is 0 Å². The van der Waals surface area contributed by atoms with E-state index in [4.69, 9.17) is 10.5 Å². The van der Waals surface area contributed by atoms with Crippen LogP contribution < -0.4 is 11.1 Å². The van der Waals surface area contributed by atoms with Crippen LogP contribution in [-0.2, 0) is 14.3 Å². The number of morpholine rings is 1. The van der Waals surface area contributed by atoms with Crippen molar-refractivity contribution in [3.8, 4) is 0 Å². The lowest BCUT2D eigenvalue weighted by molar-refractivity contribution is -0.144. The molecular formula is C23H32N4O4. The van der Waals surface area contributed by atoms with Crippen LogP contribution in [0.25, 0.3) is 0 Å². The Kier molecular flexibility index (Phi) is 6.57. The molecule has 3 fully saturated rings. The second-order valence-corrected chi connectivity index (χ2v) is 8.96. The molecule has 1 aromatic rings. The number of nitrogens with zero attached hydrogens (tertiary/aromatic N) is 2. The number of carbonyl (C=O) groups is 3. The third kappa shape index (κ3) is 4.60. The Morgan fingerprint density at radius 3 is 2.55 bits per heavy atom. The molecule has 1 saturated carbocycles. The number of fused-ring (bicyclic) bond motifs is 1. The lowest BCUT2D eigenvalue weighted by Crippen LogP contribution is -2.62. The molecule has 0 unspecified atom stereocenters. The van der Waals surface area contributed by atoms with Gasteiger partial charge in [-0.3, -0.25) is 19.3 Å². The van der Waals surface area contributed by atoms with E-state index in [-0.39, 0.29) is 24.3 Å². The number of nitrogens with one attached hydrogen (secondary N) is 1. The number of hydrogen-bond acceptors (Lipinski definition) is 5. The Bertz CT molecular complexity index is 811. The van der Waals surface area contributed by atoms with Crippen LogP contribution >= 0.6 is 0 Å². The molecule has 31 heavy (non-hydrogen) atoms. The molecule has 0 aromatic heterocycles. The van der Waals surface area contributed by atoms with E-state index < -0.39 is 11.3 Å². The van der Waals surface area contributed by atoms with Crippen LogP contribution in [-0.4, -0.2) is 79.5 Å². The summed E-state index contributed by atoms with van der Waals surface area (Å²) in [6, 6.07) is 9.63. The highest BCUT2D eigenvalue weighted by atomic mass is 16.5. The van der Waals surface area contributed by atoms with Gasteiger partial charge in [0.15, 0.2) is 0 Å². The number of hydrogen-bond donors (Lipinski definition) is 2. The summed E-state index contributed by atoms with van der Waals surface area (Å²) in [4.78, 5) is 42.0. The second kappa shape index (κ2) is 9.36. The van der Waals surface area contributed by atoms with Crippen LogP contribution in [0.15, 0.2) is 30.3 Å². The number of ether oxygens (including phenoxy) is 1. The first-order valence-electron chi connectivity index (χ1n) is 11.2.